The van der Waals surface area contributed by atoms with Crippen molar-refractivity contribution in [2.75, 3.05) is 13.2 Å². The van der Waals surface area contributed by atoms with Crippen LogP contribution in [0.3, 0.4) is 0 Å². The van der Waals surface area contributed by atoms with Crippen LogP contribution in [0.4, 0.5) is 0 Å². The second-order valence-corrected chi connectivity index (χ2v) is 4.64. The van der Waals surface area contributed by atoms with Crippen molar-refractivity contribution in [2.45, 2.75) is 26.9 Å². The van der Waals surface area contributed by atoms with Crippen molar-refractivity contribution in [1.82, 2.24) is 0 Å². The van der Waals surface area contributed by atoms with Crippen LogP contribution in [0.25, 0.3) is 6.08 Å². The average molecular weight is 234 g/mol. The zero-order valence-electron chi connectivity index (χ0n) is 11.0. The molecule has 2 nitrogen and oxygen atoms in total. The highest BCUT2D eigenvalue weighted by atomic mass is 16.5. The van der Waals surface area contributed by atoms with Crippen LogP contribution >= 0.6 is 0 Å². The van der Waals surface area contributed by atoms with Crippen LogP contribution in [0.15, 0.2) is 30.8 Å². The smallest absolute Gasteiger partial charge is 0.120 e. The maximum absolute atomic E-state index is 5.77. The summed E-state index contributed by atoms with van der Waals surface area (Å²) in [5.41, 5.74) is 1.07. The van der Waals surface area contributed by atoms with Gasteiger partial charge in [0.15, 0.2) is 0 Å². The van der Waals surface area contributed by atoms with Gasteiger partial charge in [0.1, 0.15) is 11.9 Å². The molecule has 0 saturated carbocycles. The SMILES string of the molecule is C=Cc1cccc(OC(C)COCC(C)C)c1. The predicted molar refractivity (Wildman–Crippen MR) is 72.3 cm³/mol. The number of ether oxygens (including phenoxy) is 2. The van der Waals surface area contributed by atoms with E-state index in [9.17, 15) is 0 Å². The van der Waals surface area contributed by atoms with Crippen LogP contribution in [0.1, 0.15) is 26.3 Å². The summed E-state index contributed by atoms with van der Waals surface area (Å²) in [4.78, 5) is 0. The second-order valence-electron chi connectivity index (χ2n) is 4.64. The monoisotopic (exact) mass is 234 g/mol. The number of hydrogen-bond acceptors (Lipinski definition) is 2. The molecule has 0 bridgehead atoms. The fourth-order valence-corrected chi connectivity index (χ4v) is 1.45. The molecule has 1 rings (SSSR count). The molecule has 1 atom stereocenters. The number of rotatable bonds is 7. The highest BCUT2D eigenvalue weighted by Crippen LogP contribution is 2.15. The number of benzene rings is 1. The third-order valence-corrected chi connectivity index (χ3v) is 2.23. The summed E-state index contributed by atoms with van der Waals surface area (Å²) in [6, 6.07) is 7.89. The lowest BCUT2D eigenvalue weighted by Gasteiger charge is -2.16. The van der Waals surface area contributed by atoms with Gasteiger partial charge in [0, 0.05) is 6.61 Å². The molecule has 0 heterocycles. The van der Waals surface area contributed by atoms with E-state index in [0.29, 0.717) is 12.5 Å². The Hall–Kier alpha value is -1.28. The Balaban J connectivity index is 2.39. The van der Waals surface area contributed by atoms with E-state index in [1.807, 2.05) is 37.3 Å². The van der Waals surface area contributed by atoms with Gasteiger partial charge in [-0.2, -0.15) is 0 Å². The fraction of sp³-hybridized carbons (Fsp3) is 0.467. The highest BCUT2D eigenvalue weighted by molar-refractivity contribution is 5.49. The summed E-state index contributed by atoms with van der Waals surface area (Å²) in [7, 11) is 0. The first kappa shape index (κ1) is 13.8. The van der Waals surface area contributed by atoms with Gasteiger partial charge in [-0.3, -0.25) is 0 Å². The van der Waals surface area contributed by atoms with E-state index in [4.69, 9.17) is 9.47 Å². The molecule has 17 heavy (non-hydrogen) atoms. The molecule has 0 amide bonds. The summed E-state index contributed by atoms with van der Waals surface area (Å²) >= 11 is 0. The van der Waals surface area contributed by atoms with E-state index in [-0.39, 0.29) is 6.10 Å². The Kier molecular flexibility index (Phi) is 5.78. The first-order valence-corrected chi connectivity index (χ1v) is 6.08. The minimum atomic E-state index is 0.0637. The van der Waals surface area contributed by atoms with Gasteiger partial charge in [0.2, 0.25) is 0 Å². The van der Waals surface area contributed by atoms with Gasteiger partial charge in [-0.05, 0) is 30.5 Å². The molecular formula is C15H22O2. The van der Waals surface area contributed by atoms with Crippen LogP contribution in [0, 0.1) is 5.92 Å². The van der Waals surface area contributed by atoms with Gasteiger partial charge in [-0.1, -0.05) is 38.6 Å². The Morgan fingerprint density at radius 2 is 2.00 bits per heavy atom. The molecule has 0 aromatic heterocycles. The Morgan fingerprint density at radius 3 is 2.65 bits per heavy atom. The van der Waals surface area contributed by atoms with Crippen molar-refractivity contribution in [3.05, 3.63) is 36.4 Å². The van der Waals surface area contributed by atoms with Gasteiger partial charge in [-0.15, -0.1) is 0 Å². The van der Waals surface area contributed by atoms with Crippen LogP contribution < -0.4 is 4.74 Å². The van der Waals surface area contributed by atoms with E-state index in [1.54, 1.807) is 0 Å². The molecule has 0 spiro atoms. The number of hydrogen-bond donors (Lipinski definition) is 0. The summed E-state index contributed by atoms with van der Waals surface area (Å²) in [6.07, 6.45) is 1.88. The molecule has 0 N–H and O–H groups in total. The van der Waals surface area contributed by atoms with Gasteiger partial charge < -0.3 is 9.47 Å². The molecular weight excluding hydrogens is 212 g/mol. The lowest BCUT2D eigenvalue weighted by atomic mass is 10.2. The highest BCUT2D eigenvalue weighted by Gasteiger charge is 2.05. The lowest BCUT2D eigenvalue weighted by molar-refractivity contribution is 0.0453. The molecule has 0 saturated heterocycles. The minimum Gasteiger partial charge on any atom is -0.488 e. The molecule has 1 aromatic carbocycles. The molecule has 0 radical (unpaired) electrons. The molecule has 2 heteroatoms. The zero-order chi connectivity index (χ0) is 12.7. The van der Waals surface area contributed by atoms with Crippen molar-refractivity contribution >= 4 is 6.08 Å². The quantitative estimate of drug-likeness (QED) is 0.715. The van der Waals surface area contributed by atoms with Crippen LogP contribution in [-0.4, -0.2) is 19.3 Å². The van der Waals surface area contributed by atoms with E-state index in [1.165, 1.54) is 0 Å². The van der Waals surface area contributed by atoms with Crippen molar-refractivity contribution in [3.63, 3.8) is 0 Å². The zero-order valence-corrected chi connectivity index (χ0v) is 11.0. The summed E-state index contributed by atoms with van der Waals surface area (Å²) < 4.78 is 11.3. The molecule has 0 aliphatic rings. The van der Waals surface area contributed by atoms with E-state index in [2.05, 4.69) is 20.4 Å². The summed E-state index contributed by atoms with van der Waals surface area (Å²) in [5.74, 6) is 1.43. The van der Waals surface area contributed by atoms with E-state index in [0.717, 1.165) is 17.9 Å². The first-order valence-electron chi connectivity index (χ1n) is 6.08. The van der Waals surface area contributed by atoms with E-state index >= 15 is 0 Å². The Bertz CT molecular complexity index is 345. The average Bonchev–Trinajstić information content (AvgIpc) is 2.28. The van der Waals surface area contributed by atoms with Crippen LogP contribution in [0.5, 0.6) is 5.75 Å². The first-order chi connectivity index (χ1) is 8.11. The standard InChI is InChI=1S/C15H22O2/c1-5-14-7-6-8-15(9-14)17-13(4)11-16-10-12(2)3/h5-9,12-13H,1,10-11H2,2-4H3. The van der Waals surface area contributed by atoms with Gasteiger partial charge in [0.05, 0.1) is 6.61 Å². The normalized spacial score (nSPS) is 12.5. The summed E-state index contributed by atoms with van der Waals surface area (Å²) in [5, 5.41) is 0. The van der Waals surface area contributed by atoms with Crippen LogP contribution in [-0.2, 0) is 4.74 Å². The Morgan fingerprint density at radius 1 is 1.24 bits per heavy atom. The summed E-state index contributed by atoms with van der Waals surface area (Å²) in [6.45, 7) is 11.4. The molecule has 0 fully saturated rings. The van der Waals surface area contributed by atoms with Gasteiger partial charge >= 0.3 is 0 Å². The maximum atomic E-state index is 5.77. The predicted octanol–water partition coefficient (Wildman–Crippen LogP) is 3.77. The lowest BCUT2D eigenvalue weighted by Crippen LogP contribution is -2.20. The second kappa shape index (κ2) is 7.13. The topological polar surface area (TPSA) is 18.5 Å². The molecule has 0 aliphatic carbocycles. The molecule has 0 aliphatic heterocycles. The van der Waals surface area contributed by atoms with E-state index < -0.39 is 0 Å². The van der Waals surface area contributed by atoms with Crippen LogP contribution in [0.2, 0.25) is 0 Å². The third kappa shape index (κ3) is 5.55. The minimum absolute atomic E-state index is 0.0637. The van der Waals surface area contributed by atoms with Gasteiger partial charge in [0.25, 0.3) is 0 Å². The largest absolute Gasteiger partial charge is 0.488 e. The maximum Gasteiger partial charge on any atom is 0.120 e. The third-order valence-electron chi connectivity index (χ3n) is 2.23. The van der Waals surface area contributed by atoms with Gasteiger partial charge in [-0.25, -0.2) is 0 Å². The van der Waals surface area contributed by atoms with Crippen molar-refractivity contribution in [2.24, 2.45) is 5.92 Å². The molecule has 94 valence electrons. The van der Waals surface area contributed by atoms with Crippen molar-refractivity contribution in [1.29, 1.82) is 0 Å². The van der Waals surface area contributed by atoms with Crippen molar-refractivity contribution < 1.29 is 9.47 Å². The van der Waals surface area contributed by atoms with Crippen molar-refractivity contribution in [3.8, 4) is 5.75 Å². The fourth-order valence-electron chi connectivity index (χ4n) is 1.45. The molecule has 1 unspecified atom stereocenters. The molecule has 1 aromatic rings. The Labute approximate surface area is 104 Å².